The lowest BCUT2D eigenvalue weighted by atomic mass is 10.2. The maximum absolute atomic E-state index is 5.74. The Morgan fingerprint density at radius 1 is 1.33 bits per heavy atom. The molecule has 1 aromatic heterocycles. The van der Waals surface area contributed by atoms with Crippen LogP contribution in [0.3, 0.4) is 0 Å². The lowest BCUT2D eigenvalue weighted by Gasteiger charge is -1.92. The van der Waals surface area contributed by atoms with Crippen molar-refractivity contribution in [3.8, 4) is 0 Å². The van der Waals surface area contributed by atoms with E-state index in [9.17, 15) is 0 Å². The van der Waals surface area contributed by atoms with Crippen molar-refractivity contribution in [3.05, 3.63) is 41.6 Å². The van der Waals surface area contributed by atoms with Crippen molar-refractivity contribution >= 4 is 17.5 Å². The van der Waals surface area contributed by atoms with Crippen molar-refractivity contribution in [2.24, 2.45) is 0 Å². The highest BCUT2D eigenvalue weighted by atomic mass is 35.5. The van der Waals surface area contributed by atoms with Gasteiger partial charge in [0.1, 0.15) is 5.88 Å². The summed E-state index contributed by atoms with van der Waals surface area (Å²) in [5.41, 5.74) is 7.41. The third-order valence-electron chi connectivity index (χ3n) is 2.14. The van der Waals surface area contributed by atoms with Gasteiger partial charge in [-0.1, -0.05) is 30.3 Å². The number of anilines is 1. The van der Waals surface area contributed by atoms with Crippen molar-refractivity contribution < 1.29 is 9.20 Å². The van der Waals surface area contributed by atoms with Crippen LogP contribution in [0.1, 0.15) is 11.3 Å². The number of rotatable bonds is 3. The van der Waals surface area contributed by atoms with Gasteiger partial charge in [0, 0.05) is 5.56 Å². The number of halogens is 1. The smallest absolute Gasteiger partial charge is 0.297 e. The fourth-order valence-corrected chi connectivity index (χ4v) is 1.61. The number of nitrogen functional groups attached to an aromatic ring is 1. The number of nitrogens with two attached hydrogens (primary N) is 1. The zero-order valence-electron chi connectivity index (χ0n) is 8.06. The number of benzene rings is 1. The number of aromatic nitrogens is 2. The second-order valence-corrected chi connectivity index (χ2v) is 3.43. The minimum Gasteiger partial charge on any atom is -0.362 e. The van der Waals surface area contributed by atoms with Gasteiger partial charge in [0.2, 0.25) is 11.8 Å². The largest absolute Gasteiger partial charge is 0.362 e. The molecule has 0 aliphatic rings. The van der Waals surface area contributed by atoms with Crippen LogP contribution in [0, 0.1) is 0 Å². The summed E-state index contributed by atoms with van der Waals surface area (Å²) in [7, 11) is 0. The van der Waals surface area contributed by atoms with Gasteiger partial charge in [0.25, 0.3) is 11.6 Å². The van der Waals surface area contributed by atoms with Crippen molar-refractivity contribution in [3.63, 3.8) is 0 Å². The SMILES string of the molecule is Nc1on[n+](Cc2ccccc2)c1CCl. The van der Waals surface area contributed by atoms with Crippen LogP contribution in [0.2, 0.25) is 0 Å². The van der Waals surface area contributed by atoms with Gasteiger partial charge in [-0.2, -0.15) is 0 Å². The first-order valence-electron chi connectivity index (χ1n) is 4.55. The molecular weight excluding hydrogens is 214 g/mol. The third kappa shape index (κ3) is 2.10. The predicted molar refractivity (Wildman–Crippen MR) is 56.2 cm³/mol. The summed E-state index contributed by atoms with van der Waals surface area (Å²) < 4.78 is 6.53. The molecule has 0 atom stereocenters. The molecule has 1 aromatic carbocycles. The maximum Gasteiger partial charge on any atom is 0.297 e. The Balaban J connectivity index is 2.25. The van der Waals surface area contributed by atoms with Gasteiger partial charge in [0.05, 0.1) is 0 Å². The Labute approximate surface area is 92.2 Å². The number of alkyl halides is 1. The number of hydrogen-bond donors (Lipinski definition) is 1. The van der Waals surface area contributed by atoms with Crippen LogP contribution >= 0.6 is 11.6 Å². The average Bonchev–Trinajstić information content (AvgIpc) is 2.61. The van der Waals surface area contributed by atoms with E-state index in [0.717, 1.165) is 5.56 Å². The lowest BCUT2D eigenvalue weighted by Crippen LogP contribution is -2.39. The van der Waals surface area contributed by atoms with E-state index in [1.807, 2.05) is 30.3 Å². The van der Waals surface area contributed by atoms with Gasteiger partial charge in [-0.25, -0.2) is 0 Å². The minimum atomic E-state index is 0.279. The summed E-state index contributed by atoms with van der Waals surface area (Å²) in [4.78, 5) is 0. The summed E-state index contributed by atoms with van der Waals surface area (Å²) in [5.74, 6) is 0.572. The van der Waals surface area contributed by atoms with Crippen LogP contribution < -0.4 is 10.4 Å². The summed E-state index contributed by atoms with van der Waals surface area (Å²) in [6.07, 6.45) is 0. The molecule has 0 aliphatic carbocycles. The second-order valence-electron chi connectivity index (χ2n) is 3.16. The molecule has 78 valence electrons. The summed E-state index contributed by atoms with van der Waals surface area (Å²) in [5, 5.41) is 3.81. The van der Waals surface area contributed by atoms with Gasteiger partial charge in [-0.3, -0.25) is 4.52 Å². The molecule has 0 fully saturated rings. The molecule has 0 saturated carbocycles. The first-order valence-corrected chi connectivity index (χ1v) is 5.08. The molecule has 0 unspecified atom stereocenters. The molecule has 1 heterocycles. The summed E-state index contributed by atoms with van der Waals surface area (Å²) in [6.45, 7) is 0.615. The highest BCUT2D eigenvalue weighted by molar-refractivity contribution is 6.17. The van der Waals surface area contributed by atoms with E-state index < -0.39 is 0 Å². The monoisotopic (exact) mass is 224 g/mol. The molecule has 0 aliphatic heterocycles. The quantitative estimate of drug-likeness (QED) is 0.632. The van der Waals surface area contributed by atoms with E-state index in [1.165, 1.54) is 0 Å². The first kappa shape index (κ1) is 9.98. The predicted octanol–water partition coefficient (Wildman–Crippen LogP) is 1.33. The topological polar surface area (TPSA) is 55.9 Å². The van der Waals surface area contributed by atoms with Crippen molar-refractivity contribution in [1.82, 2.24) is 5.27 Å². The second kappa shape index (κ2) is 4.31. The van der Waals surface area contributed by atoms with Gasteiger partial charge >= 0.3 is 0 Å². The van der Waals surface area contributed by atoms with Gasteiger partial charge in [0.15, 0.2) is 0 Å². The lowest BCUT2D eigenvalue weighted by molar-refractivity contribution is -0.760. The van der Waals surface area contributed by atoms with Crippen LogP contribution in [0.4, 0.5) is 5.88 Å². The number of nitrogens with zero attached hydrogens (tertiary/aromatic N) is 2. The average molecular weight is 225 g/mol. The fraction of sp³-hybridized carbons (Fsp3) is 0.200. The van der Waals surface area contributed by atoms with Gasteiger partial charge < -0.3 is 5.73 Å². The molecule has 2 N–H and O–H groups in total. The zero-order valence-corrected chi connectivity index (χ0v) is 8.81. The normalized spacial score (nSPS) is 10.5. The molecule has 15 heavy (non-hydrogen) atoms. The van der Waals surface area contributed by atoms with E-state index in [4.69, 9.17) is 21.9 Å². The summed E-state index contributed by atoms with van der Waals surface area (Å²) >= 11 is 5.74. The van der Waals surface area contributed by atoms with E-state index in [2.05, 4.69) is 5.27 Å². The van der Waals surface area contributed by atoms with Crippen LogP contribution in [0.25, 0.3) is 0 Å². The zero-order chi connectivity index (χ0) is 10.7. The first-order chi connectivity index (χ1) is 7.31. The standard InChI is InChI=1S/C10H11ClN3O/c11-6-9-10(12)15-13-14(9)7-8-4-2-1-3-5-8/h1-5H,6-7,12H2/q+1. The van der Waals surface area contributed by atoms with Crippen molar-refractivity contribution in [2.75, 3.05) is 5.73 Å². The molecule has 0 saturated heterocycles. The summed E-state index contributed by atoms with van der Waals surface area (Å²) in [6, 6.07) is 9.93. The molecule has 0 bridgehead atoms. The van der Waals surface area contributed by atoms with Crippen LogP contribution in [-0.2, 0) is 12.4 Å². The van der Waals surface area contributed by atoms with Crippen LogP contribution in [0.5, 0.6) is 0 Å². The van der Waals surface area contributed by atoms with Gasteiger partial charge in [-0.15, -0.1) is 11.6 Å². The minimum absolute atomic E-state index is 0.279. The van der Waals surface area contributed by atoms with Crippen molar-refractivity contribution in [2.45, 2.75) is 12.4 Å². The molecule has 2 aromatic rings. The Morgan fingerprint density at radius 2 is 2.07 bits per heavy atom. The van der Waals surface area contributed by atoms with E-state index in [0.29, 0.717) is 18.1 Å². The number of hydrogen-bond acceptors (Lipinski definition) is 3. The van der Waals surface area contributed by atoms with Gasteiger partial charge in [-0.05, 0) is 4.68 Å². The Bertz CT molecular complexity index is 441. The third-order valence-corrected chi connectivity index (χ3v) is 2.39. The highest BCUT2D eigenvalue weighted by Gasteiger charge is 2.21. The van der Waals surface area contributed by atoms with E-state index >= 15 is 0 Å². The van der Waals surface area contributed by atoms with E-state index in [-0.39, 0.29) is 5.88 Å². The fourth-order valence-electron chi connectivity index (χ4n) is 1.34. The van der Waals surface area contributed by atoms with Crippen molar-refractivity contribution in [1.29, 1.82) is 0 Å². The molecule has 4 nitrogen and oxygen atoms in total. The van der Waals surface area contributed by atoms with Crippen LogP contribution in [0.15, 0.2) is 34.9 Å². The molecule has 0 radical (unpaired) electrons. The van der Waals surface area contributed by atoms with Crippen LogP contribution in [-0.4, -0.2) is 5.27 Å². The van der Waals surface area contributed by atoms with E-state index in [1.54, 1.807) is 4.68 Å². The Kier molecular flexibility index (Phi) is 2.87. The molecular formula is C10H11ClN3O+. The maximum atomic E-state index is 5.74. The highest BCUT2D eigenvalue weighted by Crippen LogP contribution is 2.08. The Morgan fingerprint density at radius 3 is 2.73 bits per heavy atom. The molecule has 2 rings (SSSR count). The molecule has 0 amide bonds. The Hall–Kier alpha value is -1.55. The molecule has 0 spiro atoms. The molecule has 5 heteroatoms.